The molecule has 1 aliphatic carbocycles. The zero-order valence-corrected chi connectivity index (χ0v) is 10.7. The Hall–Kier alpha value is -1.12. The highest BCUT2D eigenvalue weighted by molar-refractivity contribution is 7.15. The average molecular weight is 243 g/mol. The van der Waals surface area contributed by atoms with Crippen molar-refractivity contribution in [2.45, 2.75) is 31.7 Å². The lowest BCUT2D eigenvalue weighted by Crippen LogP contribution is -2.09. The van der Waals surface area contributed by atoms with E-state index >= 15 is 0 Å². The normalized spacial score (nSPS) is 15.8. The number of nitrogens with two attached hydrogens (primary N) is 1. The smallest absolute Gasteiger partial charge is 0.0349 e. The van der Waals surface area contributed by atoms with Crippen molar-refractivity contribution in [3.05, 3.63) is 46.8 Å². The second-order valence-corrected chi connectivity index (χ2v) is 5.85. The van der Waals surface area contributed by atoms with E-state index in [0.717, 1.165) is 5.92 Å². The first-order chi connectivity index (χ1) is 8.38. The Kier molecular flexibility index (Phi) is 3.00. The Morgan fingerprint density at radius 1 is 1.12 bits per heavy atom. The molecule has 0 spiro atoms. The maximum absolute atomic E-state index is 5.69. The van der Waals surface area contributed by atoms with Gasteiger partial charge in [-0.15, -0.1) is 11.3 Å². The van der Waals surface area contributed by atoms with Crippen LogP contribution in [0.1, 0.15) is 35.6 Å². The van der Waals surface area contributed by atoms with E-state index in [1.807, 2.05) is 11.3 Å². The fourth-order valence-corrected chi connectivity index (χ4v) is 3.36. The fourth-order valence-electron chi connectivity index (χ4n) is 2.43. The first-order valence-electron chi connectivity index (χ1n) is 6.26. The number of hydrogen-bond acceptors (Lipinski definition) is 2. The van der Waals surface area contributed by atoms with E-state index in [0.29, 0.717) is 6.54 Å². The molecule has 0 saturated heterocycles. The lowest BCUT2D eigenvalue weighted by Gasteiger charge is -2.27. The van der Waals surface area contributed by atoms with Gasteiger partial charge in [0.05, 0.1) is 0 Å². The maximum atomic E-state index is 5.69. The molecule has 1 aromatic heterocycles. The van der Waals surface area contributed by atoms with Crippen molar-refractivity contribution in [2.75, 3.05) is 0 Å². The molecule has 0 amide bonds. The van der Waals surface area contributed by atoms with Crippen molar-refractivity contribution in [1.82, 2.24) is 0 Å². The van der Waals surface area contributed by atoms with Crippen LogP contribution in [-0.4, -0.2) is 0 Å². The lowest BCUT2D eigenvalue weighted by atomic mass is 9.78. The van der Waals surface area contributed by atoms with Crippen LogP contribution >= 0.6 is 11.3 Å². The molecule has 2 N–H and O–H groups in total. The van der Waals surface area contributed by atoms with Crippen LogP contribution in [0.15, 0.2) is 36.4 Å². The standard InChI is InChI=1S/C15H17NS/c16-10-12-8-9-15(17-12)14-7-2-1-6-13(14)11-4-3-5-11/h1-2,6-9,11H,3-5,10,16H2. The van der Waals surface area contributed by atoms with Crippen LogP contribution in [0.2, 0.25) is 0 Å². The zero-order chi connectivity index (χ0) is 11.7. The molecule has 2 heteroatoms. The number of hydrogen-bond donors (Lipinski definition) is 1. The molecule has 1 fully saturated rings. The van der Waals surface area contributed by atoms with Crippen molar-refractivity contribution >= 4 is 11.3 Å². The second kappa shape index (κ2) is 4.63. The van der Waals surface area contributed by atoms with Gasteiger partial charge in [-0.05, 0) is 42.0 Å². The van der Waals surface area contributed by atoms with E-state index in [1.165, 1.54) is 40.1 Å². The van der Waals surface area contributed by atoms with E-state index in [2.05, 4.69) is 36.4 Å². The van der Waals surface area contributed by atoms with Crippen LogP contribution < -0.4 is 5.73 Å². The van der Waals surface area contributed by atoms with Gasteiger partial charge < -0.3 is 5.73 Å². The molecule has 1 aromatic carbocycles. The molecule has 1 aliphatic rings. The van der Waals surface area contributed by atoms with Gasteiger partial charge in [0.15, 0.2) is 0 Å². The predicted molar refractivity (Wildman–Crippen MR) is 74.2 cm³/mol. The van der Waals surface area contributed by atoms with Gasteiger partial charge in [-0.25, -0.2) is 0 Å². The third-order valence-electron chi connectivity index (χ3n) is 3.63. The summed E-state index contributed by atoms with van der Waals surface area (Å²) in [6.07, 6.45) is 4.09. The van der Waals surface area contributed by atoms with Gasteiger partial charge in [0, 0.05) is 16.3 Å². The molecule has 1 heterocycles. The second-order valence-electron chi connectivity index (χ2n) is 4.69. The number of benzene rings is 1. The van der Waals surface area contributed by atoms with E-state index in [1.54, 1.807) is 0 Å². The van der Waals surface area contributed by atoms with Gasteiger partial charge in [0.1, 0.15) is 0 Å². The van der Waals surface area contributed by atoms with Gasteiger partial charge in [-0.2, -0.15) is 0 Å². The van der Waals surface area contributed by atoms with Crippen LogP contribution in [-0.2, 0) is 6.54 Å². The minimum Gasteiger partial charge on any atom is -0.326 e. The highest BCUT2D eigenvalue weighted by Crippen LogP contribution is 2.42. The SMILES string of the molecule is NCc1ccc(-c2ccccc2C2CCC2)s1. The Labute approximate surface area is 106 Å². The molecule has 0 aliphatic heterocycles. The van der Waals surface area contributed by atoms with Crippen LogP contribution in [0.5, 0.6) is 0 Å². The lowest BCUT2D eigenvalue weighted by molar-refractivity contribution is 0.420. The van der Waals surface area contributed by atoms with Crippen LogP contribution in [0.25, 0.3) is 10.4 Å². The van der Waals surface area contributed by atoms with Crippen molar-refractivity contribution in [3.63, 3.8) is 0 Å². The summed E-state index contributed by atoms with van der Waals surface area (Å²) < 4.78 is 0. The van der Waals surface area contributed by atoms with E-state index in [-0.39, 0.29) is 0 Å². The molecule has 0 bridgehead atoms. The molecule has 0 radical (unpaired) electrons. The number of rotatable bonds is 3. The summed E-state index contributed by atoms with van der Waals surface area (Å²) in [6, 6.07) is 13.2. The first-order valence-corrected chi connectivity index (χ1v) is 7.08. The largest absolute Gasteiger partial charge is 0.326 e. The van der Waals surface area contributed by atoms with Gasteiger partial charge >= 0.3 is 0 Å². The van der Waals surface area contributed by atoms with Gasteiger partial charge in [-0.1, -0.05) is 30.7 Å². The minimum absolute atomic E-state index is 0.649. The Bertz CT molecular complexity index is 511. The van der Waals surface area contributed by atoms with Crippen LogP contribution in [0.4, 0.5) is 0 Å². The van der Waals surface area contributed by atoms with Crippen molar-refractivity contribution in [1.29, 1.82) is 0 Å². The molecule has 3 rings (SSSR count). The van der Waals surface area contributed by atoms with E-state index in [9.17, 15) is 0 Å². The van der Waals surface area contributed by atoms with Crippen molar-refractivity contribution < 1.29 is 0 Å². The monoisotopic (exact) mass is 243 g/mol. The highest BCUT2D eigenvalue weighted by Gasteiger charge is 2.22. The molecule has 0 unspecified atom stereocenters. The molecule has 0 atom stereocenters. The molecule has 1 saturated carbocycles. The minimum atomic E-state index is 0.649. The summed E-state index contributed by atoms with van der Waals surface area (Å²) in [6.45, 7) is 0.649. The predicted octanol–water partition coefficient (Wildman–Crippen LogP) is 4.14. The third-order valence-corrected chi connectivity index (χ3v) is 4.77. The molecular formula is C15H17NS. The van der Waals surface area contributed by atoms with Crippen LogP contribution in [0.3, 0.4) is 0 Å². The van der Waals surface area contributed by atoms with E-state index in [4.69, 9.17) is 5.73 Å². The topological polar surface area (TPSA) is 26.0 Å². The summed E-state index contributed by atoms with van der Waals surface area (Å²) in [5.74, 6) is 0.787. The number of thiophene rings is 1. The highest BCUT2D eigenvalue weighted by atomic mass is 32.1. The molecule has 17 heavy (non-hydrogen) atoms. The Balaban J connectivity index is 2.01. The summed E-state index contributed by atoms with van der Waals surface area (Å²) in [4.78, 5) is 2.64. The Morgan fingerprint density at radius 2 is 1.94 bits per heavy atom. The Morgan fingerprint density at radius 3 is 2.59 bits per heavy atom. The van der Waals surface area contributed by atoms with E-state index < -0.39 is 0 Å². The first kappa shape index (κ1) is 11.0. The molecule has 1 nitrogen and oxygen atoms in total. The fraction of sp³-hybridized carbons (Fsp3) is 0.333. The maximum Gasteiger partial charge on any atom is 0.0349 e. The third kappa shape index (κ3) is 2.03. The summed E-state index contributed by atoms with van der Waals surface area (Å²) >= 11 is 1.83. The molecule has 88 valence electrons. The molecular weight excluding hydrogens is 226 g/mol. The average Bonchev–Trinajstić information content (AvgIpc) is 2.76. The summed E-state index contributed by atoms with van der Waals surface area (Å²) in [7, 11) is 0. The summed E-state index contributed by atoms with van der Waals surface area (Å²) in [5, 5.41) is 0. The van der Waals surface area contributed by atoms with Gasteiger partial charge in [0.25, 0.3) is 0 Å². The van der Waals surface area contributed by atoms with Gasteiger partial charge in [-0.3, -0.25) is 0 Å². The quantitative estimate of drug-likeness (QED) is 0.861. The zero-order valence-electron chi connectivity index (χ0n) is 9.86. The van der Waals surface area contributed by atoms with Crippen molar-refractivity contribution in [2.24, 2.45) is 5.73 Å². The summed E-state index contributed by atoms with van der Waals surface area (Å²) in [5.41, 5.74) is 8.64. The molecule has 2 aromatic rings. The van der Waals surface area contributed by atoms with Gasteiger partial charge in [0.2, 0.25) is 0 Å². The van der Waals surface area contributed by atoms with Crippen molar-refractivity contribution in [3.8, 4) is 10.4 Å². The van der Waals surface area contributed by atoms with Crippen LogP contribution in [0, 0.1) is 0 Å².